The Morgan fingerprint density at radius 1 is 0.338 bits per heavy atom. The third kappa shape index (κ3) is 7.81. The van der Waals surface area contributed by atoms with Gasteiger partial charge in [0.15, 0.2) is 5.82 Å². The standard InChI is InChI=1S/C67H45F3N4/c1-42-21-25-44(26-22-42)48-29-34-63-55(37-48)52-17-9-11-19-61(52)73(63)51-32-33-58(67(68,69)70)54(40-51)57-39-50(60-41-59(46-13-5-3-6-14-46)71-66(72-60)47-15-7-4-8-16-47)31-36-65(57)74-62-20-12-10-18-53(62)56-38-49(30-35-64(56)74)45-27-23-43(2)24-28-45/h3-41H,1-2H3. The van der Waals surface area contributed by atoms with Gasteiger partial charge in [-0.15, -0.1) is 0 Å². The predicted octanol–water partition coefficient (Wildman–Crippen LogP) is 18.3. The van der Waals surface area contributed by atoms with Gasteiger partial charge >= 0.3 is 6.18 Å². The van der Waals surface area contributed by atoms with Crippen LogP contribution >= 0.6 is 0 Å². The van der Waals surface area contributed by atoms with Gasteiger partial charge in [-0.2, -0.15) is 13.2 Å². The van der Waals surface area contributed by atoms with Crippen molar-refractivity contribution < 1.29 is 13.2 Å². The molecule has 4 nitrogen and oxygen atoms in total. The molecule has 0 saturated carbocycles. The first kappa shape index (κ1) is 44.6. The zero-order chi connectivity index (χ0) is 50.1. The third-order valence-electron chi connectivity index (χ3n) is 14.3. The van der Waals surface area contributed by atoms with Crippen LogP contribution < -0.4 is 0 Å². The Labute approximate surface area is 425 Å². The lowest BCUT2D eigenvalue weighted by Crippen LogP contribution is -2.10. The SMILES string of the molecule is Cc1ccc(-c2ccc3c(c2)c2ccccc2n3-c2ccc(C(F)(F)F)c(-c3cc(-c4cc(-c5ccccc5)nc(-c5ccccc5)n4)ccc3-n3c4ccccc4c4cc(-c5ccc(C)cc5)ccc43)c2)cc1. The average molecular weight is 963 g/mol. The fourth-order valence-corrected chi connectivity index (χ4v) is 10.7. The number of alkyl halides is 3. The van der Waals surface area contributed by atoms with Crippen LogP contribution in [0.5, 0.6) is 0 Å². The van der Waals surface area contributed by atoms with Gasteiger partial charge < -0.3 is 9.13 Å². The van der Waals surface area contributed by atoms with E-state index in [0.29, 0.717) is 39.7 Å². The minimum absolute atomic E-state index is 0.0388. The summed E-state index contributed by atoms with van der Waals surface area (Å²) in [5, 5.41) is 3.99. The first-order valence-electron chi connectivity index (χ1n) is 24.7. The second kappa shape index (κ2) is 17.8. The monoisotopic (exact) mass is 962 g/mol. The highest BCUT2D eigenvalue weighted by Gasteiger charge is 2.35. The molecule has 0 unspecified atom stereocenters. The Bertz CT molecular complexity index is 4230. The zero-order valence-corrected chi connectivity index (χ0v) is 40.4. The van der Waals surface area contributed by atoms with Gasteiger partial charge in [0.1, 0.15) is 0 Å². The van der Waals surface area contributed by atoms with E-state index in [0.717, 1.165) is 77.0 Å². The fourth-order valence-electron chi connectivity index (χ4n) is 10.7. The van der Waals surface area contributed by atoms with Crippen LogP contribution in [0.3, 0.4) is 0 Å². The van der Waals surface area contributed by atoms with E-state index < -0.39 is 11.7 Å². The molecule has 0 spiro atoms. The molecule has 0 saturated heterocycles. The van der Waals surface area contributed by atoms with Crippen molar-refractivity contribution in [3.63, 3.8) is 0 Å². The van der Waals surface area contributed by atoms with E-state index in [9.17, 15) is 0 Å². The van der Waals surface area contributed by atoms with Crippen molar-refractivity contribution in [2.24, 2.45) is 0 Å². The van der Waals surface area contributed by atoms with Gasteiger partial charge in [0.25, 0.3) is 0 Å². The summed E-state index contributed by atoms with van der Waals surface area (Å²) in [5.74, 6) is 0.509. The predicted molar refractivity (Wildman–Crippen MR) is 298 cm³/mol. The first-order chi connectivity index (χ1) is 36.1. The molecule has 10 aromatic carbocycles. The van der Waals surface area contributed by atoms with Crippen molar-refractivity contribution in [2.75, 3.05) is 0 Å². The number of hydrogen-bond acceptors (Lipinski definition) is 2. The number of para-hydroxylation sites is 2. The third-order valence-corrected chi connectivity index (χ3v) is 14.3. The van der Waals surface area contributed by atoms with Crippen LogP contribution in [0.2, 0.25) is 0 Å². The molecule has 0 fully saturated rings. The van der Waals surface area contributed by atoms with E-state index in [2.05, 4.69) is 120 Å². The van der Waals surface area contributed by atoms with Gasteiger partial charge in [0, 0.05) is 49.5 Å². The quantitative estimate of drug-likeness (QED) is 0.152. The first-order valence-corrected chi connectivity index (χ1v) is 24.7. The van der Waals surface area contributed by atoms with Crippen molar-refractivity contribution in [1.82, 2.24) is 19.1 Å². The molecule has 0 bridgehead atoms. The second-order valence-corrected chi connectivity index (χ2v) is 19.1. The fraction of sp³-hybridized carbons (Fsp3) is 0.0448. The van der Waals surface area contributed by atoms with Crippen LogP contribution in [-0.4, -0.2) is 19.1 Å². The van der Waals surface area contributed by atoms with E-state index in [1.165, 1.54) is 17.2 Å². The molecule has 0 N–H and O–H groups in total. The lowest BCUT2D eigenvalue weighted by molar-refractivity contribution is -0.137. The average Bonchev–Trinajstić information content (AvgIpc) is 3.95. The maximum atomic E-state index is 16.0. The smallest absolute Gasteiger partial charge is 0.309 e. The van der Waals surface area contributed by atoms with Crippen molar-refractivity contribution >= 4 is 43.6 Å². The summed E-state index contributed by atoms with van der Waals surface area (Å²) in [6.45, 7) is 4.15. The Kier molecular flexibility index (Phi) is 10.7. The normalized spacial score (nSPS) is 11.9. The minimum Gasteiger partial charge on any atom is -0.309 e. The molecule has 7 heteroatoms. The number of nitrogens with zero attached hydrogens (tertiary/aromatic N) is 4. The summed E-state index contributed by atoms with van der Waals surface area (Å²) in [4.78, 5) is 10.2. The summed E-state index contributed by atoms with van der Waals surface area (Å²) in [6, 6.07) is 77.9. The molecule has 13 rings (SSSR count). The number of halogens is 3. The minimum atomic E-state index is -4.72. The molecule has 3 aromatic heterocycles. The highest BCUT2D eigenvalue weighted by Crippen LogP contribution is 2.46. The molecule has 0 aliphatic carbocycles. The summed E-state index contributed by atoms with van der Waals surface area (Å²) in [6.07, 6.45) is -4.72. The van der Waals surface area contributed by atoms with Crippen molar-refractivity contribution in [2.45, 2.75) is 20.0 Å². The highest BCUT2D eigenvalue weighted by molar-refractivity contribution is 6.12. The number of hydrogen-bond donors (Lipinski definition) is 0. The van der Waals surface area contributed by atoms with Crippen LogP contribution in [0.15, 0.2) is 237 Å². The summed E-state index contributed by atoms with van der Waals surface area (Å²) in [5.41, 5.74) is 14.6. The Morgan fingerprint density at radius 2 is 0.811 bits per heavy atom. The number of rotatable bonds is 8. The van der Waals surface area contributed by atoms with Crippen molar-refractivity contribution in [3.05, 3.63) is 253 Å². The van der Waals surface area contributed by atoms with E-state index in [1.54, 1.807) is 12.1 Å². The van der Waals surface area contributed by atoms with E-state index in [-0.39, 0.29) is 5.56 Å². The zero-order valence-electron chi connectivity index (χ0n) is 40.4. The number of aromatic nitrogens is 4. The van der Waals surface area contributed by atoms with E-state index in [4.69, 9.17) is 9.97 Å². The van der Waals surface area contributed by atoms with Crippen LogP contribution in [-0.2, 0) is 6.18 Å². The van der Waals surface area contributed by atoms with Gasteiger partial charge in [-0.05, 0) is 114 Å². The largest absolute Gasteiger partial charge is 0.417 e. The van der Waals surface area contributed by atoms with Crippen LogP contribution in [0.25, 0.3) is 122 Å². The molecule has 0 aliphatic rings. The molecule has 0 amide bonds. The van der Waals surface area contributed by atoms with Crippen LogP contribution in [0.1, 0.15) is 16.7 Å². The topological polar surface area (TPSA) is 35.6 Å². The molecule has 74 heavy (non-hydrogen) atoms. The number of fused-ring (bicyclic) bond motifs is 6. The van der Waals surface area contributed by atoms with Gasteiger partial charge in [-0.25, -0.2) is 9.97 Å². The molecule has 13 aromatic rings. The highest BCUT2D eigenvalue weighted by atomic mass is 19.4. The maximum absolute atomic E-state index is 16.0. The molecule has 354 valence electrons. The summed E-state index contributed by atoms with van der Waals surface area (Å²) >= 11 is 0. The summed E-state index contributed by atoms with van der Waals surface area (Å²) < 4.78 is 52.3. The lowest BCUT2D eigenvalue weighted by Gasteiger charge is -2.21. The molecule has 0 radical (unpaired) electrons. The molecular weight excluding hydrogens is 918 g/mol. The van der Waals surface area contributed by atoms with Crippen molar-refractivity contribution in [3.8, 4) is 78.7 Å². The Hall–Kier alpha value is -9.33. The van der Waals surface area contributed by atoms with Crippen molar-refractivity contribution in [1.29, 1.82) is 0 Å². The molecule has 0 atom stereocenters. The lowest BCUT2D eigenvalue weighted by atomic mass is 9.93. The number of aryl methyl sites for hydroxylation is 2. The van der Waals surface area contributed by atoms with E-state index >= 15 is 13.2 Å². The molecule has 0 aliphatic heterocycles. The van der Waals surface area contributed by atoms with E-state index in [1.807, 2.05) is 121 Å². The Balaban J connectivity index is 1.09. The number of benzene rings is 10. The molecular formula is C67H45F3N4. The van der Waals surface area contributed by atoms with Gasteiger partial charge in [0.2, 0.25) is 0 Å². The maximum Gasteiger partial charge on any atom is 0.417 e. The van der Waals surface area contributed by atoms with Gasteiger partial charge in [-0.3, -0.25) is 0 Å². The van der Waals surface area contributed by atoms with Gasteiger partial charge in [0.05, 0.1) is 44.7 Å². The van der Waals surface area contributed by atoms with Crippen LogP contribution in [0, 0.1) is 13.8 Å². The van der Waals surface area contributed by atoms with Gasteiger partial charge in [-0.1, -0.05) is 175 Å². The second-order valence-electron chi connectivity index (χ2n) is 19.1. The Morgan fingerprint density at radius 3 is 1.39 bits per heavy atom. The molecule has 3 heterocycles. The van der Waals surface area contributed by atoms with Crippen LogP contribution in [0.4, 0.5) is 13.2 Å². The summed E-state index contributed by atoms with van der Waals surface area (Å²) in [7, 11) is 0.